The molecule has 0 aromatic heterocycles. The van der Waals surface area contributed by atoms with Gasteiger partial charge in [-0.15, -0.1) is 0 Å². The second-order valence-corrected chi connectivity index (χ2v) is 11.8. The molecule has 3 saturated carbocycles. The number of allylic oxidation sites excluding steroid dienone is 3. The number of aliphatic hydroxyl groups excluding tert-OH is 2. The Bertz CT molecular complexity index is 712. The predicted octanol–water partition coefficient (Wildman–Crippen LogP) is 5.95. The van der Waals surface area contributed by atoms with Gasteiger partial charge in [0.2, 0.25) is 0 Å². The van der Waals surface area contributed by atoms with Gasteiger partial charge in [0.25, 0.3) is 0 Å². The largest absolute Gasteiger partial charge is 0.390 e. The van der Waals surface area contributed by atoms with Crippen molar-refractivity contribution < 1.29 is 15.3 Å². The third kappa shape index (κ3) is 5.37. The molecule has 0 amide bonds. The van der Waals surface area contributed by atoms with Crippen molar-refractivity contribution in [1.29, 1.82) is 0 Å². The average molecular weight is 431 g/mol. The molecule has 0 spiro atoms. The van der Waals surface area contributed by atoms with Crippen LogP contribution in [0.5, 0.6) is 0 Å². The van der Waals surface area contributed by atoms with Crippen molar-refractivity contribution in [3.8, 4) is 0 Å². The summed E-state index contributed by atoms with van der Waals surface area (Å²) in [5.41, 5.74) is 3.09. The number of rotatable bonds is 6. The molecule has 3 fully saturated rings. The van der Waals surface area contributed by atoms with Crippen molar-refractivity contribution in [2.45, 2.75) is 110 Å². The first kappa shape index (κ1) is 24.7. The summed E-state index contributed by atoms with van der Waals surface area (Å²) < 4.78 is 0. The second kappa shape index (κ2) is 9.53. The summed E-state index contributed by atoms with van der Waals surface area (Å²) in [4.78, 5) is 0. The van der Waals surface area contributed by atoms with Crippen molar-refractivity contribution in [2.75, 3.05) is 0 Å². The first-order chi connectivity index (χ1) is 14.4. The Morgan fingerprint density at radius 2 is 1.87 bits per heavy atom. The number of hydrogen-bond acceptors (Lipinski definition) is 3. The Kier molecular flexibility index (Phi) is 7.61. The summed E-state index contributed by atoms with van der Waals surface area (Å²) in [5.74, 6) is 2.14. The minimum Gasteiger partial charge on any atom is -0.390 e. The van der Waals surface area contributed by atoms with Gasteiger partial charge in [-0.2, -0.15) is 0 Å². The van der Waals surface area contributed by atoms with Crippen LogP contribution in [0.3, 0.4) is 0 Å². The molecule has 0 radical (unpaired) electrons. The summed E-state index contributed by atoms with van der Waals surface area (Å²) in [6.07, 6.45) is 13.4. The van der Waals surface area contributed by atoms with Gasteiger partial charge in [-0.25, -0.2) is 0 Å². The van der Waals surface area contributed by atoms with E-state index in [1.165, 1.54) is 38.5 Å². The van der Waals surface area contributed by atoms with E-state index in [4.69, 9.17) is 0 Å². The van der Waals surface area contributed by atoms with Gasteiger partial charge in [0.1, 0.15) is 0 Å². The zero-order valence-corrected chi connectivity index (χ0v) is 20.5. The monoisotopic (exact) mass is 430 g/mol. The number of fused-ring (bicyclic) bond motifs is 1. The Labute approximate surface area is 190 Å². The lowest BCUT2D eigenvalue weighted by molar-refractivity contribution is 0.0596. The molecule has 31 heavy (non-hydrogen) atoms. The quantitative estimate of drug-likeness (QED) is 0.456. The van der Waals surface area contributed by atoms with Gasteiger partial charge in [-0.1, -0.05) is 63.5 Å². The first-order valence-corrected chi connectivity index (χ1v) is 12.6. The molecule has 3 nitrogen and oxygen atoms in total. The fraction of sp³-hybridized carbons (Fsp3) is 0.786. The number of aliphatic hydroxyl groups is 3. The molecule has 3 aliphatic carbocycles. The van der Waals surface area contributed by atoms with E-state index in [9.17, 15) is 15.3 Å². The average Bonchev–Trinajstić information content (AvgIpc) is 3.04. The summed E-state index contributed by atoms with van der Waals surface area (Å²) >= 11 is 0. The predicted molar refractivity (Wildman–Crippen MR) is 129 cm³/mol. The van der Waals surface area contributed by atoms with Gasteiger partial charge in [-0.3, -0.25) is 0 Å². The molecule has 3 N–H and O–H groups in total. The maximum Gasteiger partial charge on any atom is 0.0835 e. The van der Waals surface area contributed by atoms with Crippen LogP contribution in [-0.4, -0.2) is 33.1 Å². The molecule has 3 rings (SSSR count). The highest BCUT2D eigenvalue weighted by atomic mass is 16.3. The molecule has 0 saturated heterocycles. The van der Waals surface area contributed by atoms with Crippen LogP contribution in [-0.2, 0) is 0 Å². The van der Waals surface area contributed by atoms with Gasteiger partial charge in [-0.05, 0) is 87.5 Å². The van der Waals surface area contributed by atoms with Crippen LogP contribution < -0.4 is 0 Å². The molecule has 0 heterocycles. The molecule has 3 aliphatic rings. The fourth-order valence-electron chi connectivity index (χ4n) is 6.97. The summed E-state index contributed by atoms with van der Waals surface area (Å²) in [6, 6.07) is 0. The molecule has 2 unspecified atom stereocenters. The molecule has 3 heteroatoms. The van der Waals surface area contributed by atoms with Gasteiger partial charge >= 0.3 is 0 Å². The molecular formula is C28H46O3. The highest BCUT2D eigenvalue weighted by Crippen LogP contribution is 2.60. The smallest absolute Gasteiger partial charge is 0.0835 e. The molecule has 176 valence electrons. The van der Waals surface area contributed by atoms with E-state index >= 15 is 0 Å². The minimum atomic E-state index is -0.648. The van der Waals surface area contributed by atoms with E-state index in [2.05, 4.69) is 32.6 Å². The van der Waals surface area contributed by atoms with E-state index < -0.39 is 17.8 Å². The number of hydrogen-bond donors (Lipinski definition) is 3. The molecular weight excluding hydrogens is 384 g/mol. The third-order valence-electron chi connectivity index (χ3n) is 8.98. The Hall–Kier alpha value is -0.900. The SMILES string of the molecule is C=C1[C@H](O)C/C(=C/C=C2\CCC[C@]3(C)[C@@H](C(C)CCCC(C)(C)O)CC[C@@H]23)C(C)[C@H]1O. The highest BCUT2D eigenvalue weighted by Gasteiger charge is 2.50. The molecule has 0 bridgehead atoms. The second-order valence-electron chi connectivity index (χ2n) is 11.8. The van der Waals surface area contributed by atoms with Crippen molar-refractivity contribution in [2.24, 2.45) is 29.1 Å². The standard InChI is InChI=1S/C28H46O3/c1-18(9-7-15-27(4,5)31)23-13-14-24-21(10-8-16-28(23,24)6)11-12-22-17-25(29)20(3)26(30)19(22)2/h11-12,18-19,23-26,29-31H,3,7-10,13-17H2,1-2,4-6H3/b21-11+,22-12-/t18?,19?,23-,24+,25-,26-,28-/m1/s1. The lowest BCUT2D eigenvalue weighted by Gasteiger charge is -2.44. The van der Waals surface area contributed by atoms with Crippen LogP contribution in [0.1, 0.15) is 92.4 Å². The highest BCUT2D eigenvalue weighted by molar-refractivity contribution is 5.31. The topological polar surface area (TPSA) is 60.7 Å². The maximum atomic E-state index is 10.4. The maximum absolute atomic E-state index is 10.4. The summed E-state index contributed by atoms with van der Waals surface area (Å²) in [7, 11) is 0. The van der Waals surface area contributed by atoms with Gasteiger partial charge < -0.3 is 15.3 Å². The van der Waals surface area contributed by atoms with E-state index in [1.54, 1.807) is 5.57 Å². The minimum absolute atomic E-state index is 0.0230. The van der Waals surface area contributed by atoms with E-state index in [0.29, 0.717) is 29.2 Å². The van der Waals surface area contributed by atoms with E-state index in [0.717, 1.165) is 24.3 Å². The fourth-order valence-corrected chi connectivity index (χ4v) is 6.97. The van der Waals surface area contributed by atoms with Gasteiger partial charge in [0.15, 0.2) is 0 Å². The molecule has 7 atom stereocenters. The molecule has 0 aliphatic heterocycles. The molecule has 0 aromatic carbocycles. The van der Waals surface area contributed by atoms with E-state index in [1.807, 2.05) is 20.8 Å². The molecule has 0 aromatic rings. The lowest BCUT2D eigenvalue weighted by atomic mass is 9.60. The van der Waals surface area contributed by atoms with Crippen molar-refractivity contribution in [3.63, 3.8) is 0 Å². The van der Waals surface area contributed by atoms with E-state index in [-0.39, 0.29) is 5.92 Å². The van der Waals surface area contributed by atoms with Crippen LogP contribution in [0.25, 0.3) is 0 Å². The van der Waals surface area contributed by atoms with Crippen molar-refractivity contribution in [1.82, 2.24) is 0 Å². The Morgan fingerprint density at radius 3 is 2.55 bits per heavy atom. The van der Waals surface area contributed by atoms with Crippen LogP contribution >= 0.6 is 0 Å². The third-order valence-corrected chi connectivity index (χ3v) is 8.98. The van der Waals surface area contributed by atoms with Crippen molar-refractivity contribution >= 4 is 0 Å². The van der Waals surface area contributed by atoms with Crippen LogP contribution in [0.4, 0.5) is 0 Å². The first-order valence-electron chi connectivity index (χ1n) is 12.6. The van der Waals surface area contributed by atoms with Gasteiger partial charge in [0.05, 0.1) is 17.8 Å². The zero-order valence-electron chi connectivity index (χ0n) is 20.5. The summed E-state index contributed by atoms with van der Waals surface area (Å²) in [5, 5.41) is 30.7. The van der Waals surface area contributed by atoms with Crippen molar-refractivity contribution in [3.05, 3.63) is 35.5 Å². The van der Waals surface area contributed by atoms with Crippen LogP contribution in [0.15, 0.2) is 35.5 Å². The van der Waals surface area contributed by atoms with Crippen LogP contribution in [0.2, 0.25) is 0 Å². The summed E-state index contributed by atoms with van der Waals surface area (Å²) in [6.45, 7) is 14.7. The van der Waals surface area contributed by atoms with Gasteiger partial charge in [0, 0.05) is 5.92 Å². The normalized spacial score (nSPS) is 40.4. The lowest BCUT2D eigenvalue weighted by Crippen LogP contribution is -2.36. The Balaban J connectivity index is 1.71. The van der Waals surface area contributed by atoms with Crippen LogP contribution in [0, 0.1) is 29.1 Å². The Morgan fingerprint density at radius 1 is 1.19 bits per heavy atom. The zero-order chi connectivity index (χ0) is 23.0.